The predicted molar refractivity (Wildman–Crippen MR) is 66.1 cm³/mol. The standard InChI is InChI=1S/C13H18FNO3/c1-8(2)11(7-16)15-13(17)9-4-5-12(18-3)10(14)6-9/h4-6,8,11,16H,7H2,1-3H3,(H,15,17). The predicted octanol–water partition coefficient (Wildman–Crippen LogP) is 1.58. The molecule has 1 amide bonds. The van der Waals surface area contributed by atoms with Crippen molar-refractivity contribution in [3.63, 3.8) is 0 Å². The van der Waals surface area contributed by atoms with Gasteiger partial charge in [0.2, 0.25) is 0 Å². The lowest BCUT2D eigenvalue weighted by Gasteiger charge is -2.19. The van der Waals surface area contributed by atoms with E-state index in [0.29, 0.717) is 0 Å². The first-order valence-corrected chi connectivity index (χ1v) is 5.74. The molecule has 0 saturated heterocycles. The van der Waals surface area contributed by atoms with Crippen molar-refractivity contribution < 1.29 is 19.0 Å². The lowest BCUT2D eigenvalue weighted by molar-refractivity contribution is 0.0896. The number of benzene rings is 1. The van der Waals surface area contributed by atoms with Crippen LogP contribution in [0.3, 0.4) is 0 Å². The summed E-state index contributed by atoms with van der Waals surface area (Å²) in [5.41, 5.74) is 0.201. The molecule has 0 aliphatic rings. The third-order valence-electron chi connectivity index (χ3n) is 2.73. The first kappa shape index (κ1) is 14.4. The number of amides is 1. The molecule has 1 atom stereocenters. The summed E-state index contributed by atoms with van der Waals surface area (Å²) >= 11 is 0. The summed E-state index contributed by atoms with van der Waals surface area (Å²) in [7, 11) is 1.36. The topological polar surface area (TPSA) is 58.6 Å². The molecule has 1 aromatic carbocycles. The summed E-state index contributed by atoms with van der Waals surface area (Å²) in [5, 5.41) is 11.8. The van der Waals surface area contributed by atoms with Crippen LogP contribution >= 0.6 is 0 Å². The smallest absolute Gasteiger partial charge is 0.251 e. The molecule has 1 aromatic rings. The van der Waals surface area contributed by atoms with Gasteiger partial charge in [-0.3, -0.25) is 4.79 Å². The maximum Gasteiger partial charge on any atom is 0.251 e. The minimum absolute atomic E-state index is 0.0918. The fourth-order valence-corrected chi connectivity index (χ4v) is 1.48. The molecule has 18 heavy (non-hydrogen) atoms. The van der Waals surface area contributed by atoms with Gasteiger partial charge in [-0.05, 0) is 24.1 Å². The SMILES string of the molecule is COc1ccc(C(=O)NC(CO)C(C)C)cc1F. The zero-order valence-corrected chi connectivity index (χ0v) is 10.7. The van der Waals surface area contributed by atoms with Crippen LogP contribution in [0.5, 0.6) is 5.75 Å². The lowest BCUT2D eigenvalue weighted by atomic mass is 10.0. The van der Waals surface area contributed by atoms with E-state index in [-0.39, 0.29) is 29.9 Å². The third-order valence-corrected chi connectivity index (χ3v) is 2.73. The Morgan fingerprint density at radius 3 is 2.61 bits per heavy atom. The van der Waals surface area contributed by atoms with Crippen LogP contribution < -0.4 is 10.1 Å². The molecule has 1 rings (SSSR count). The summed E-state index contributed by atoms with van der Waals surface area (Å²) in [4.78, 5) is 11.8. The second-order valence-corrected chi connectivity index (χ2v) is 4.36. The van der Waals surface area contributed by atoms with Gasteiger partial charge in [0.15, 0.2) is 11.6 Å². The van der Waals surface area contributed by atoms with Gasteiger partial charge in [-0.2, -0.15) is 0 Å². The Hall–Kier alpha value is -1.62. The number of ether oxygens (including phenoxy) is 1. The molecule has 0 aliphatic heterocycles. The van der Waals surface area contributed by atoms with E-state index in [2.05, 4.69) is 5.32 Å². The van der Waals surface area contributed by atoms with Gasteiger partial charge in [0.25, 0.3) is 5.91 Å². The van der Waals surface area contributed by atoms with Gasteiger partial charge in [0, 0.05) is 5.56 Å². The zero-order chi connectivity index (χ0) is 13.7. The van der Waals surface area contributed by atoms with E-state index in [0.717, 1.165) is 6.07 Å². The van der Waals surface area contributed by atoms with Gasteiger partial charge in [0.05, 0.1) is 19.8 Å². The van der Waals surface area contributed by atoms with Gasteiger partial charge in [-0.1, -0.05) is 13.8 Å². The molecule has 0 spiro atoms. The highest BCUT2D eigenvalue weighted by Crippen LogP contribution is 2.17. The van der Waals surface area contributed by atoms with E-state index >= 15 is 0 Å². The fraction of sp³-hybridized carbons (Fsp3) is 0.462. The maximum atomic E-state index is 13.4. The van der Waals surface area contributed by atoms with Crippen molar-refractivity contribution in [2.24, 2.45) is 5.92 Å². The number of halogens is 1. The van der Waals surface area contributed by atoms with E-state index in [1.54, 1.807) is 0 Å². The molecule has 1 unspecified atom stereocenters. The van der Waals surface area contributed by atoms with E-state index in [1.807, 2.05) is 13.8 Å². The first-order chi connectivity index (χ1) is 8.49. The lowest BCUT2D eigenvalue weighted by Crippen LogP contribution is -2.41. The Kier molecular flexibility index (Phi) is 5.09. The van der Waals surface area contributed by atoms with Crippen LogP contribution in [-0.4, -0.2) is 30.8 Å². The van der Waals surface area contributed by atoms with E-state index < -0.39 is 11.7 Å². The molecule has 0 bridgehead atoms. The van der Waals surface area contributed by atoms with Crippen LogP contribution in [0, 0.1) is 11.7 Å². The van der Waals surface area contributed by atoms with Crippen LogP contribution in [0.2, 0.25) is 0 Å². The van der Waals surface area contributed by atoms with Crippen molar-refractivity contribution in [3.8, 4) is 5.75 Å². The number of nitrogens with one attached hydrogen (secondary N) is 1. The van der Waals surface area contributed by atoms with E-state index in [9.17, 15) is 9.18 Å². The van der Waals surface area contributed by atoms with Crippen molar-refractivity contribution in [2.45, 2.75) is 19.9 Å². The molecule has 100 valence electrons. The molecular weight excluding hydrogens is 237 g/mol. The minimum atomic E-state index is -0.588. The summed E-state index contributed by atoms with van der Waals surface area (Å²) in [6, 6.07) is 3.64. The molecule has 0 fully saturated rings. The quantitative estimate of drug-likeness (QED) is 0.840. The van der Waals surface area contributed by atoms with Crippen LogP contribution in [0.4, 0.5) is 4.39 Å². The average molecular weight is 255 g/mol. The van der Waals surface area contributed by atoms with Gasteiger partial charge in [-0.25, -0.2) is 4.39 Å². The highest BCUT2D eigenvalue weighted by molar-refractivity contribution is 5.94. The van der Waals surface area contributed by atoms with Crippen LogP contribution in [0.1, 0.15) is 24.2 Å². The number of hydrogen-bond acceptors (Lipinski definition) is 3. The fourth-order valence-electron chi connectivity index (χ4n) is 1.48. The Morgan fingerprint density at radius 1 is 1.50 bits per heavy atom. The maximum absolute atomic E-state index is 13.4. The second kappa shape index (κ2) is 6.35. The molecule has 0 aromatic heterocycles. The number of aliphatic hydroxyl groups excluding tert-OH is 1. The van der Waals surface area contributed by atoms with E-state index in [4.69, 9.17) is 9.84 Å². The molecule has 0 radical (unpaired) electrons. The third kappa shape index (κ3) is 3.43. The highest BCUT2D eigenvalue weighted by atomic mass is 19.1. The molecule has 0 heterocycles. The van der Waals surface area contributed by atoms with Gasteiger partial charge in [0.1, 0.15) is 0 Å². The Labute approximate surface area is 106 Å². The van der Waals surface area contributed by atoms with Crippen molar-refractivity contribution >= 4 is 5.91 Å². The van der Waals surface area contributed by atoms with Crippen molar-refractivity contribution in [1.82, 2.24) is 5.32 Å². The number of aliphatic hydroxyl groups is 1. The normalized spacial score (nSPS) is 12.3. The minimum Gasteiger partial charge on any atom is -0.494 e. The first-order valence-electron chi connectivity index (χ1n) is 5.74. The highest BCUT2D eigenvalue weighted by Gasteiger charge is 2.17. The van der Waals surface area contributed by atoms with Crippen LogP contribution in [0.15, 0.2) is 18.2 Å². The monoisotopic (exact) mass is 255 g/mol. The number of carbonyl (C=O) groups excluding carboxylic acids is 1. The van der Waals surface area contributed by atoms with Crippen LogP contribution in [-0.2, 0) is 0 Å². The van der Waals surface area contributed by atoms with E-state index in [1.165, 1.54) is 19.2 Å². The molecule has 0 saturated carbocycles. The molecule has 2 N–H and O–H groups in total. The Bertz CT molecular complexity index is 421. The molecule has 5 heteroatoms. The number of rotatable bonds is 5. The zero-order valence-electron chi connectivity index (χ0n) is 10.7. The summed E-state index contributed by atoms with van der Waals surface area (Å²) < 4.78 is 18.2. The molecule has 0 aliphatic carbocycles. The summed E-state index contributed by atoms with van der Waals surface area (Å²) in [5.74, 6) is -0.810. The molecule has 4 nitrogen and oxygen atoms in total. The number of methoxy groups -OCH3 is 1. The van der Waals surface area contributed by atoms with Gasteiger partial charge >= 0.3 is 0 Å². The Morgan fingerprint density at radius 2 is 2.17 bits per heavy atom. The number of hydrogen-bond donors (Lipinski definition) is 2. The van der Waals surface area contributed by atoms with Crippen molar-refractivity contribution in [3.05, 3.63) is 29.6 Å². The number of carbonyl (C=O) groups is 1. The summed E-state index contributed by atoms with van der Waals surface area (Å²) in [6.45, 7) is 3.62. The second-order valence-electron chi connectivity index (χ2n) is 4.36. The van der Waals surface area contributed by atoms with Crippen LogP contribution in [0.25, 0.3) is 0 Å². The molecular formula is C13H18FNO3. The largest absolute Gasteiger partial charge is 0.494 e. The Balaban J connectivity index is 2.81. The van der Waals surface area contributed by atoms with Crippen molar-refractivity contribution in [1.29, 1.82) is 0 Å². The summed E-state index contributed by atoms with van der Waals surface area (Å²) in [6.07, 6.45) is 0. The van der Waals surface area contributed by atoms with Gasteiger partial charge < -0.3 is 15.2 Å². The van der Waals surface area contributed by atoms with Gasteiger partial charge in [-0.15, -0.1) is 0 Å². The average Bonchev–Trinajstić information content (AvgIpc) is 2.35. The van der Waals surface area contributed by atoms with Crippen molar-refractivity contribution in [2.75, 3.05) is 13.7 Å².